The highest BCUT2D eigenvalue weighted by molar-refractivity contribution is 8.00. The molecular weight excluding hydrogens is 294 g/mol. The molecule has 1 fully saturated rings. The van der Waals surface area contributed by atoms with Gasteiger partial charge in [0.2, 0.25) is 5.91 Å². The summed E-state index contributed by atoms with van der Waals surface area (Å²) in [7, 11) is 0. The zero-order chi connectivity index (χ0) is 15.8. The molecule has 0 aromatic rings. The van der Waals surface area contributed by atoms with E-state index in [1.54, 1.807) is 0 Å². The molecular formula is C14H25NO5S. The first-order valence-corrected chi connectivity index (χ1v) is 8.44. The van der Waals surface area contributed by atoms with Crippen molar-refractivity contribution in [2.24, 2.45) is 0 Å². The Hall–Kier alpha value is -0.790. The summed E-state index contributed by atoms with van der Waals surface area (Å²) >= 11 is 1.45. The molecule has 0 radical (unpaired) electrons. The summed E-state index contributed by atoms with van der Waals surface area (Å²) in [5.41, 5.74) is 0. The summed E-state index contributed by atoms with van der Waals surface area (Å²) in [6, 6.07) is -0.901. The largest absolute Gasteiger partial charge is 0.480 e. The van der Waals surface area contributed by atoms with Crippen LogP contribution in [0.5, 0.6) is 0 Å². The predicted octanol–water partition coefficient (Wildman–Crippen LogP) is 1.37. The zero-order valence-electron chi connectivity index (χ0n) is 12.6. The van der Waals surface area contributed by atoms with E-state index < -0.39 is 18.3 Å². The van der Waals surface area contributed by atoms with Crippen LogP contribution < -0.4 is 5.32 Å². The number of thioether (sulfide) groups is 1. The highest BCUT2D eigenvalue weighted by atomic mass is 32.2. The third-order valence-electron chi connectivity index (χ3n) is 3.43. The van der Waals surface area contributed by atoms with Crippen LogP contribution in [0.3, 0.4) is 0 Å². The molecule has 122 valence electrons. The Balaban J connectivity index is 2.45. The lowest BCUT2D eigenvalue weighted by Crippen LogP contribution is -2.42. The van der Waals surface area contributed by atoms with Gasteiger partial charge in [-0.3, -0.25) is 4.79 Å². The van der Waals surface area contributed by atoms with Gasteiger partial charge in [-0.15, -0.1) is 0 Å². The van der Waals surface area contributed by atoms with E-state index in [0.717, 1.165) is 25.7 Å². The van der Waals surface area contributed by atoms with E-state index in [1.165, 1.54) is 18.7 Å². The van der Waals surface area contributed by atoms with Gasteiger partial charge in [0, 0.05) is 24.3 Å². The molecule has 4 atom stereocenters. The molecule has 0 spiro atoms. The Kier molecular flexibility index (Phi) is 8.06. The topological polar surface area (TPSA) is 95.9 Å². The average Bonchev–Trinajstić information content (AvgIpc) is 2.74. The highest BCUT2D eigenvalue weighted by Gasteiger charge is 2.35. The van der Waals surface area contributed by atoms with Crippen molar-refractivity contribution < 1.29 is 24.5 Å². The van der Waals surface area contributed by atoms with Crippen LogP contribution in [0.4, 0.5) is 0 Å². The maximum atomic E-state index is 11.1. The molecule has 1 rings (SSSR count). The summed E-state index contributed by atoms with van der Waals surface area (Å²) in [5, 5.41) is 21.2. The number of ether oxygens (including phenoxy) is 1. The van der Waals surface area contributed by atoms with Crippen LogP contribution in [0, 0.1) is 0 Å². The van der Waals surface area contributed by atoms with Crippen LogP contribution in [-0.4, -0.2) is 51.5 Å². The Bertz CT molecular complexity index is 352. The number of carbonyl (C=O) groups is 2. The molecule has 1 aliphatic rings. The van der Waals surface area contributed by atoms with Crippen molar-refractivity contribution in [2.75, 3.05) is 5.75 Å². The second kappa shape index (κ2) is 9.27. The van der Waals surface area contributed by atoms with Gasteiger partial charge in [-0.25, -0.2) is 4.79 Å². The quantitative estimate of drug-likeness (QED) is 0.555. The molecule has 1 aliphatic heterocycles. The minimum Gasteiger partial charge on any atom is -0.480 e. The first-order valence-electron chi connectivity index (χ1n) is 7.39. The number of carboxylic acids is 1. The van der Waals surface area contributed by atoms with Gasteiger partial charge in [0.25, 0.3) is 0 Å². The number of hydrogen-bond donors (Lipinski definition) is 3. The molecule has 1 amide bonds. The molecule has 0 bridgehead atoms. The lowest BCUT2D eigenvalue weighted by Gasteiger charge is -2.20. The number of unbranched alkanes of at least 4 members (excludes halogenated alkanes) is 2. The lowest BCUT2D eigenvalue weighted by atomic mass is 10.1. The molecule has 6 nitrogen and oxygen atoms in total. The summed E-state index contributed by atoms with van der Waals surface area (Å²) < 4.78 is 5.49. The molecule has 0 unspecified atom stereocenters. The van der Waals surface area contributed by atoms with Gasteiger partial charge in [-0.1, -0.05) is 26.2 Å². The summed E-state index contributed by atoms with van der Waals surface area (Å²) in [6.45, 7) is 3.43. The van der Waals surface area contributed by atoms with Gasteiger partial charge in [0.05, 0.1) is 6.10 Å². The van der Waals surface area contributed by atoms with Crippen LogP contribution in [0.2, 0.25) is 0 Å². The fourth-order valence-corrected chi connectivity index (χ4v) is 3.74. The fraction of sp³-hybridized carbons (Fsp3) is 0.857. The molecule has 1 saturated heterocycles. The number of aliphatic carboxylic acids is 1. The first-order chi connectivity index (χ1) is 9.93. The molecule has 0 saturated carbocycles. The van der Waals surface area contributed by atoms with Crippen molar-refractivity contribution in [3.8, 4) is 0 Å². The standard InChI is InChI=1S/C14H25NO5S/c1-3-4-5-6-11-12(7-13(17)20-11)21-8-10(14(18)19)15-9(2)16/h10-13,17H,3-8H2,1-2H3,(H,15,16)(H,18,19)/t10-,11-,12+,13-/m0/s1. The fourth-order valence-electron chi connectivity index (χ4n) is 2.36. The van der Waals surface area contributed by atoms with Crippen molar-refractivity contribution in [1.29, 1.82) is 0 Å². The monoisotopic (exact) mass is 319 g/mol. The minimum absolute atomic E-state index is 0.0386. The molecule has 0 aliphatic carbocycles. The maximum Gasteiger partial charge on any atom is 0.327 e. The van der Waals surface area contributed by atoms with Crippen LogP contribution in [0.1, 0.15) is 46.0 Å². The number of amides is 1. The van der Waals surface area contributed by atoms with Gasteiger partial charge in [0.1, 0.15) is 6.04 Å². The molecule has 1 heterocycles. The van der Waals surface area contributed by atoms with Crippen LogP contribution in [0.25, 0.3) is 0 Å². The highest BCUT2D eigenvalue weighted by Crippen LogP contribution is 2.33. The van der Waals surface area contributed by atoms with Crippen molar-refractivity contribution in [3.05, 3.63) is 0 Å². The number of nitrogens with one attached hydrogen (secondary N) is 1. The molecule has 21 heavy (non-hydrogen) atoms. The molecule has 7 heteroatoms. The number of carboxylic acid groups (broad SMARTS) is 1. The number of aliphatic hydroxyl groups is 1. The van der Waals surface area contributed by atoms with E-state index >= 15 is 0 Å². The Morgan fingerprint density at radius 3 is 2.71 bits per heavy atom. The SMILES string of the molecule is CCCCC[C@@H]1O[C@H](O)C[C@H]1SC[C@H](NC(C)=O)C(=O)O. The smallest absolute Gasteiger partial charge is 0.327 e. The maximum absolute atomic E-state index is 11.1. The molecule has 3 N–H and O–H groups in total. The van der Waals surface area contributed by atoms with Gasteiger partial charge < -0.3 is 20.3 Å². The summed E-state index contributed by atoms with van der Waals surface area (Å²) in [4.78, 5) is 22.1. The third-order valence-corrected chi connectivity index (χ3v) is 4.88. The second-order valence-electron chi connectivity index (χ2n) is 5.32. The number of aliphatic hydroxyl groups excluding tert-OH is 1. The zero-order valence-corrected chi connectivity index (χ0v) is 13.4. The van der Waals surface area contributed by atoms with Crippen LogP contribution in [0.15, 0.2) is 0 Å². The Labute approximate surface area is 129 Å². The Morgan fingerprint density at radius 1 is 1.43 bits per heavy atom. The predicted molar refractivity (Wildman–Crippen MR) is 81.1 cm³/mol. The van der Waals surface area contributed by atoms with Crippen LogP contribution in [-0.2, 0) is 14.3 Å². The molecule has 0 aromatic carbocycles. The lowest BCUT2D eigenvalue weighted by molar-refractivity contribution is -0.140. The van der Waals surface area contributed by atoms with E-state index in [9.17, 15) is 14.7 Å². The van der Waals surface area contributed by atoms with E-state index in [0.29, 0.717) is 6.42 Å². The van der Waals surface area contributed by atoms with E-state index in [1.807, 2.05) is 0 Å². The van der Waals surface area contributed by atoms with Gasteiger partial charge in [0.15, 0.2) is 6.29 Å². The van der Waals surface area contributed by atoms with E-state index in [4.69, 9.17) is 9.84 Å². The van der Waals surface area contributed by atoms with Gasteiger partial charge >= 0.3 is 5.97 Å². The third kappa shape index (κ3) is 6.67. The van der Waals surface area contributed by atoms with Crippen molar-refractivity contribution in [3.63, 3.8) is 0 Å². The van der Waals surface area contributed by atoms with Gasteiger partial charge in [-0.05, 0) is 6.42 Å². The van der Waals surface area contributed by atoms with E-state index in [-0.39, 0.29) is 23.0 Å². The van der Waals surface area contributed by atoms with Crippen molar-refractivity contribution >= 4 is 23.6 Å². The minimum atomic E-state index is -1.04. The van der Waals surface area contributed by atoms with Crippen molar-refractivity contribution in [2.45, 2.75) is 69.6 Å². The first kappa shape index (κ1) is 18.3. The van der Waals surface area contributed by atoms with Crippen LogP contribution >= 0.6 is 11.8 Å². The Morgan fingerprint density at radius 2 is 2.14 bits per heavy atom. The average molecular weight is 319 g/mol. The number of hydrogen-bond acceptors (Lipinski definition) is 5. The van der Waals surface area contributed by atoms with Crippen molar-refractivity contribution in [1.82, 2.24) is 5.32 Å². The molecule has 0 aromatic heterocycles. The summed E-state index contributed by atoms with van der Waals surface area (Å²) in [6.07, 6.45) is 3.86. The van der Waals surface area contributed by atoms with E-state index in [2.05, 4.69) is 12.2 Å². The number of rotatable bonds is 9. The number of carbonyl (C=O) groups excluding carboxylic acids is 1. The second-order valence-corrected chi connectivity index (χ2v) is 6.60. The summed E-state index contributed by atoms with van der Waals surface area (Å²) in [5.74, 6) is -1.12. The normalized spacial score (nSPS) is 26.5. The van der Waals surface area contributed by atoms with Gasteiger partial charge in [-0.2, -0.15) is 11.8 Å².